The third-order valence-electron chi connectivity index (χ3n) is 4.41. The predicted molar refractivity (Wildman–Crippen MR) is 95.2 cm³/mol. The van der Waals surface area contributed by atoms with Gasteiger partial charge in [-0.1, -0.05) is 19.9 Å². The van der Waals surface area contributed by atoms with Crippen LogP contribution in [0.4, 0.5) is 4.39 Å². The van der Waals surface area contributed by atoms with Gasteiger partial charge in [-0.25, -0.2) is 4.39 Å². The van der Waals surface area contributed by atoms with E-state index in [-0.39, 0.29) is 11.7 Å². The molecule has 1 atom stereocenters. The fourth-order valence-electron chi connectivity index (χ4n) is 2.98. The molecular formula is C19H29FN2O3. The number of hydrogen-bond donors (Lipinski definition) is 1. The van der Waals surface area contributed by atoms with Crippen LogP contribution < -0.4 is 10.1 Å². The Morgan fingerprint density at radius 3 is 2.80 bits per heavy atom. The number of nitrogens with one attached hydrogen (secondary N) is 1. The Kier molecular flexibility index (Phi) is 8.15. The first-order valence-electron chi connectivity index (χ1n) is 9.03. The summed E-state index contributed by atoms with van der Waals surface area (Å²) >= 11 is 0. The van der Waals surface area contributed by atoms with E-state index in [4.69, 9.17) is 9.47 Å². The number of nitrogens with zero attached hydrogens (tertiary/aromatic N) is 1. The summed E-state index contributed by atoms with van der Waals surface area (Å²) < 4.78 is 23.9. The fourth-order valence-corrected chi connectivity index (χ4v) is 2.98. The lowest BCUT2D eigenvalue weighted by molar-refractivity contribution is -0.121. The van der Waals surface area contributed by atoms with E-state index in [1.54, 1.807) is 12.1 Å². The van der Waals surface area contributed by atoms with Gasteiger partial charge in [0, 0.05) is 38.2 Å². The maximum Gasteiger partial charge on any atom is 0.220 e. The van der Waals surface area contributed by atoms with E-state index >= 15 is 0 Å². The highest BCUT2D eigenvalue weighted by Crippen LogP contribution is 2.13. The Morgan fingerprint density at radius 2 is 2.12 bits per heavy atom. The summed E-state index contributed by atoms with van der Waals surface area (Å²) in [6.45, 7) is 8.76. The molecule has 140 valence electrons. The van der Waals surface area contributed by atoms with Gasteiger partial charge in [-0.05, 0) is 24.5 Å². The Bertz CT molecular complexity index is 533. The smallest absolute Gasteiger partial charge is 0.220 e. The second kappa shape index (κ2) is 10.4. The molecule has 0 bridgehead atoms. The second-order valence-electron chi connectivity index (χ2n) is 6.67. The monoisotopic (exact) mass is 352 g/mol. The average Bonchev–Trinajstić information content (AvgIpc) is 2.60. The first kappa shape index (κ1) is 19.7. The Balaban J connectivity index is 1.65. The molecule has 1 aliphatic heterocycles. The van der Waals surface area contributed by atoms with Gasteiger partial charge >= 0.3 is 0 Å². The number of morpholine rings is 1. The van der Waals surface area contributed by atoms with Crippen LogP contribution in [0.1, 0.15) is 26.7 Å². The highest BCUT2D eigenvalue weighted by Gasteiger charge is 2.24. The number of amides is 1. The molecule has 1 aromatic carbocycles. The van der Waals surface area contributed by atoms with Crippen LogP contribution in [0.25, 0.3) is 0 Å². The molecular weight excluding hydrogens is 323 g/mol. The lowest BCUT2D eigenvalue weighted by Crippen LogP contribution is -2.51. The molecule has 1 heterocycles. The molecule has 1 unspecified atom stereocenters. The van der Waals surface area contributed by atoms with Gasteiger partial charge in [-0.15, -0.1) is 0 Å². The minimum Gasteiger partial charge on any atom is -0.493 e. The molecule has 1 aliphatic rings. The molecule has 0 spiro atoms. The zero-order valence-electron chi connectivity index (χ0n) is 15.2. The summed E-state index contributed by atoms with van der Waals surface area (Å²) in [5, 5.41) is 3.03. The fraction of sp³-hybridized carbons (Fsp3) is 0.632. The van der Waals surface area contributed by atoms with Crippen molar-refractivity contribution in [1.82, 2.24) is 10.2 Å². The lowest BCUT2D eigenvalue weighted by atomic mass is 10.0. The van der Waals surface area contributed by atoms with Crippen molar-refractivity contribution in [3.05, 3.63) is 30.1 Å². The van der Waals surface area contributed by atoms with Crippen LogP contribution >= 0.6 is 0 Å². The van der Waals surface area contributed by atoms with Crippen molar-refractivity contribution in [3.8, 4) is 5.75 Å². The Labute approximate surface area is 149 Å². The summed E-state index contributed by atoms with van der Waals surface area (Å²) in [5.74, 6) is 0.669. The number of carbonyl (C=O) groups excluding carboxylic acids is 1. The molecule has 6 heteroatoms. The van der Waals surface area contributed by atoms with Gasteiger partial charge < -0.3 is 14.8 Å². The van der Waals surface area contributed by atoms with E-state index in [9.17, 15) is 9.18 Å². The highest BCUT2D eigenvalue weighted by molar-refractivity contribution is 5.75. The minimum atomic E-state index is -0.321. The molecule has 1 amide bonds. The SMILES string of the molecule is CC(C)C(CNC(=O)CCCOc1cccc(F)c1)N1CCOCC1. The quantitative estimate of drug-likeness (QED) is 0.694. The van der Waals surface area contributed by atoms with Crippen molar-refractivity contribution < 1.29 is 18.7 Å². The zero-order chi connectivity index (χ0) is 18.1. The van der Waals surface area contributed by atoms with Crippen molar-refractivity contribution in [2.24, 2.45) is 5.92 Å². The minimum absolute atomic E-state index is 0.0294. The van der Waals surface area contributed by atoms with Gasteiger partial charge in [0.05, 0.1) is 19.8 Å². The van der Waals surface area contributed by atoms with E-state index in [1.165, 1.54) is 12.1 Å². The maximum absolute atomic E-state index is 13.0. The number of rotatable bonds is 9. The van der Waals surface area contributed by atoms with Gasteiger partial charge in [0.2, 0.25) is 5.91 Å². The van der Waals surface area contributed by atoms with Gasteiger partial charge in [0.25, 0.3) is 0 Å². The number of ether oxygens (including phenoxy) is 2. The van der Waals surface area contributed by atoms with E-state index in [0.29, 0.717) is 43.7 Å². The average molecular weight is 352 g/mol. The van der Waals surface area contributed by atoms with E-state index in [1.807, 2.05) is 0 Å². The molecule has 25 heavy (non-hydrogen) atoms. The third kappa shape index (κ3) is 7.00. The first-order chi connectivity index (χ1) is 12.1. The number of carbonyl (C=O) groups is 1. The second-order valence-corrected chi connectivity index (χ2v) is 6.67. The van der Waals surface area contributed by atoms with Crippen molar-refractivity contribution >= 4 is 5.91 Å². The zero-order valence-corrected chi connectivity index (χ0v) is 15.2. The van der Waals surface area contributed by atoms with Crippen molar-refractivity contribution in [3.63, 3.8) is 0 Å². The van der Waals surface area contributed by atoms with Crippen LogP contribution in [0, 0.1) is 11.7 Å². The van der Waals surface area contributed by atoms with Crippen LogP contribution in [0.5, 0.6) is 5.75 Å². The van der Waals surface area contributed by atoms with Gasteiger partial charge in [-0.3, -0.25) is 9.69 Å². The number of hydrogen-bond acceptors (Lipinski definition) is 4. The van der Waals surface area contributed by atoms with Gasteiger partial charge in [0.1, 0.15) is 11.6 Å². The van der Waals surface area contributed by atoms with Crippen molar-refractivity contribution in [2.75, 3.05) is 39.5 Å². The normalized spacial score (nSPS) is 16.6. The molecule has 5 nitrogen and oxygen atoms in total. The van der Waals surface area contributed by atoms with E-state index in [2.05, 4.69) is 24.1 Å². The molecule has 1 aromatic rings. The molecule has 0 aliphatic carbocycles. The summed E-state index contributed by atoms with van der Waals surface area (Å²) in [4.78, 5) is 14.4. The molecule has 0 saturated carbocycles. The Morgan fingerprint density at radius 1 is 1.36 bits per heavy atom. The molecule has 2 rings (SSSR count). The summed E-state index contributed by atoms with van der Waals surface area (Å²) in [6.07, 6.45) is 1.01. The standard InChI is InChI=1S/C19H29FN2O3/c1-15(2)18(22-8-11-24-12-9-22)14-21-19(23)7-4-10-25-17-6-3-5-16(20)13-17/h3,5-6,13,15,18H,4,7-12,14H2,1-2H3,(H,21,23). The molecule has 1 N–H and O–H groups in total. The molecule has 1 fully saturated rings. The van der Waals surface area contributed by atoms with E-state index in [0.717, 1.165) is 26.3 Å². The van der Waals surface area contributed by atoms with Crippen molar-refractivity contribution in [1.29, 1.82) is 0 Å². The van der Waals surface area contributed by atoms with Crippen LogP contribution in [0.3, 0.4) is 0 Å². The summed E-state index contributed by atoms with van der Waals surface area (Å²) in [6, 6.07) is 6.36. The predicted octanol–water partition coefficient (Wildman–Crippen LogP) is 2.46. The van der Waals surface area contributed by atoms with Gasteiger partial charge in [0.15, 0.2) is 0 Å². The molecule has 1 saturated heterocycles. The molecule has 0 aromatic heterocycles. The largest absolute Gasteiger partial charge is 0.493 e. The highest BCUT2D eigenvalue weighted by atomic mass is 19.1. The third-order valence-corrected chi connectivity index (χ3v) is 4.41. The molecule has 0 radical (unpaired) electrons. The summed E-state index contributed by atoms with van der Waals surface area (Å²) in [5.41, 5.74) is 0. The lowest BCUT2D eigenvalue weighted by Gasteiger charge is -2.36. The number of benzene rings is 1. The first-order valence-corrected chi connectivity index (χ1v) is 9.03. The topological polar surface area (TPSA) is 50.8 Å². The van der Waals surface area contributed by atoms with Crippen LogP contribution in [0.2, 0.25) is 0 Å². The van der Waals surface area contributed by atoms with Crippen LogP contribution in [-0.2, 0) is 9.53 Å². The van der Waals surface area contributed by atoms with Gasteiger partial charge in [-0.2, -0.15) is 0 Å². The maximum atomic E-state index is 13.0. The Hall–Kier alpha value is -1.66. The number of halogens is 1. The van der Waals surface area contributed by atoms with Crippen LogP contribution in [-0.4, -0.2) is 56.3 Å². The van der Waals surface area contributed by atoms with Crippen LogP contribution in [0.15, 0.2) is 24.3 Å². The summed E-state index contributed by atoms with van der Waals surface area (Å²) in [7, 11) is 0. The van der Waals surface area contributed by atoms with Crippen molar-refractivity contribution in [2.45, 2.75) is 32.7 Å². The van der Waals surface area contributed by atoms with E-state index < -0.39 is 0 Å².